The third kappa shape index (κ3) is 2.61. The third-order valence-corrected chi connectivity index (χ3v) is 3.18. The van der Waals surface area contributed by atoms with Gasteiger partial charge in [0.1, 0.15) is 5.76 Å². The fourth-order valence-corrected chi connectivity index (χ4v) is 2.33. The van der Waals surface area contributed by atoms with E-state index in [0.29, 0.717) is 6.54 Å². The Balaban J connectivity index is 2.04. The Morgan fingerprint density at radius 1 is 1.27 bits per heavy atom. The molecular formula is C12H20N2O. The predicted molar refractivity (Wildman–Crippen MR) is 60.5 cm³/mol. The van der Waals surface area contributed by atoms with Gasteiger partial charge in [0.2, 0.25) is 0 Å². The predicted octanol–water partition coefficient (Wildman–Crippen LogP) is 2.16. The van der Waals surface area contributed by atoms with E-state index >= 15 is 0 Å². The molecular weight excluding hydrogens is 188 g/mol. The molecule has 2 N–H and O–H groups in total. The first-order chi connectivity index (χ1) is 7.42. The monoisotopic (exact) mass is 208 g/mol. The van der Waals surface area contributed by atoms with Crippen LogP contribution in [0.5, 0.6) is 0 Å². The number of rotatable bonds is 3. The van der Waals surface area contributed by atoms with Crippen LogP contribution in [0.15, 0.2) is 22.8 Å². The van der Waals surface area contributed by atoms with Crippen molar-refractivity contribution in [1.82, 2.24) is 4.90 Å². The van der Waals surface area contributed by atoms with Crippen molar-refractivity contribution in [2.75, 3.05) is 19.6 Å². The van der Waals surface area contributed by atoms with Crippen molar-refractivity contribution in [3.8, 4) is 0 Å². The quantitative estimate of drug-likeness (QED) is 0.827. The van der Waals surface area contributed by atoms with Gasteiger partial charge >= 0.3 is 0 Å². The molecule has 2 rings (SSSR count). The SMILES string of the molecule is NC[C@H](c1ccco1)N1CCCCCC1. The maximum absolute atomic E-state index is 5.84. The molecule has 2 heterocycles. The zero-order chi connectivity index (χ0) is 10.5. The summed E-state index contributed by atoms with van der Waals surface area (Å²) in [7, 11) is 0. The molecule has 3 nitrogen and oxygen atoms in total. The van der Waals surface area contributed by atoms with Crippen molar-refractivity contribution < 1.29 is 4.42 Å². The van der Waals surface area contributed by atoms with Crippen molar-refractivity contribution in [2.24, 2.45) is 5.73 Å². The molecule has 1 fully saturated rings. The highest BCUT2D eigenvalue weighted by atomic mass is 16.3. The fourth-order valence-electron chi connectivity index (χ4n) is 2.33. The van der Waals surface area contributed by atoms with E-state index in [2.05, 4.69) is 4.90 Å². The maximum Gasteiger partial charge on any atom is 0.122 e. The molecule has 0 aliphatic carbocycles. The Kier molecular flexibility index (Phi) is 3.80. The van der Waals surface area contributed by atoms with E-state index in [1.165, 1.54) is 25.7 Å². The van der Waals surface area contributed by atoms with E-state index in [9.17, 15) is 0 Å². The molecule has 0 aromatic carbocycles. The van der Waals surface area contributed by atoms with Crippen LogP contribution in [0, 0.1) is 0 Å². The number of nitrogens with zero attached hydrogens (tertiary/aromatic N) is 1. The second-order valence-corrected chi connectivity index (χ2v) is 4.22. The first-order valence-electron chi connectivity index (χ1n) is 5.89. The van der Waals surface area contributed by atoms with Crippen LogP contribution in [-0.2, 0) is 0 Å². The van der Waals surface area contributed by atoms with Gasteiger partial charge in [0.05, 0.1) is 12.3 Å². The van der Waals surface area contributed by atoms with Crippen molar-refractivity contribution in [3.05, 3.63) is 24.2 Å². The minimum Gasteiger partial charge on any atom is -0.468 e. The zero-order valence-electron chi connectivity index (χ0n) is 9.19. The standard InChI is InChI=1S/C12H20N2O/c13-10-11(12-6-5-9-15-12)14-7-3-1-2-4-8-14/h5-6,9,11H,1-4,7-8,10,13H2/t11-/m1/s1. The average molecular weight is 208 g/mol. The molecule has 0 radical (unpaired) electrons. The van der Waals surface area contributed by atoms with E-state index in [1.807, 2.05) is 12.1 Å². The average Bonchev–Trinajstić information content (AvgIpc) is 2.63. The first-order valence-corrected chi connectivity index (χ1v) is 5.89. The molecule has 1 aliphatic heterocycles. The number of furan rings is 1. The van der Waals surface area contributed by atoms with Crippen LogP contribution < -0.4 is 5.73 Å². The zero-order valence-corrected chi connectivity index (χ0v) is 9.19. The van der Waals surface area contributed by atoms with Crippen molar-refractivity contribution in [3.63, 3.8) is 0 Å². The van der Waals surface area contributed by atoms with Crippen LogP contribution in [0.2, 0.25) is 0 Å². The lowest BCUT2D eigenvalue weighted by Gasteiger charge is -2.27. The summed E-state index contributed by atoms with van der Waals surface area (Å²) in [5.74, 6) is 1.01. The highest BCUT2D eigenvalue weighted by Crippen LogP contribution is 2.23. The minimum atomic E-state index is 0.276. The lowest BCUT2D eigenvalue weighted by atomic mass is 10.2. The van der Waals surface area contributed by atoms with Gasteiger partial charge in [0, 0.05) is 6.54 Å². The normalized spacial score (nSPS) is 21.1. The van der Waals surface area contributed by atoms with Gasteiger partial charge in [0.15, 0.2) is 0 Å². The Hall–Kier alpha value is -0.800. The van der Waals surface area contributed by atoms with Crippen LogP contribution in [0.25, 0.3) is 0 Å². The summed E-state index contributed by atoms with van der Waals surface area (Å²) in [5, 5.41) is 0. The molecule has 0 bridgehead atoms. The molecule has 1 saturated heterocycles. The molecule has 1 atom stereocenters. The van der Waals surface area contributed by atoms with E-state index in [4.69, 9.17) is 10.2 Å². The molecule has 1 aliphatic rings. The second kappa shape index (κ2) is 5.33. The molecule has 3 heteroatoms. The van der Waals surface area contributed by atoms with Crippen molar-refractivity contribution in [2.45, 2.75) is 31.7 Å². The summed E-state index contributed by atoms with van der Waals surface area (Å²) >= 11 is 0. The minimum absolute atomic E-state index is 0.276. The largest absolute Gasteiger partial charge is 0.468 e. The van der Waals surface area contributed by atoms with Gasteiger partial charge in [-0.15, -0.1) is 0 Å². The molecule has 0 amide bonds. The van der Waals surface area contributed by atoms with E-state index in [1.54, 1.807) is 6.26 Å². The number of hydrogen-bond acceptors (Lipinski definition) is 3. The Morgan fingerprint density at radius 2 is 2.00 bits per heavy atom. The molecule has 0 spiro atoms. The Labute approximate surface area is 91.2 Å². The lowest BCUT2D eigenvalue weighted by Crippen LogP contribution is -2.34. The van der Waals surface area contributed by atoms with Gasteiger partial charge in [-0.25, -0.2) is 0 Å². The summed E-state index contributed by atoms with van der Waals surface area (Å²) in [6.07, 6.45) is 7.02. The Bertz CT molecular complexity index is 263. The summed E-state index contributed by atoms with van der Waals surface area (Å²) < 4.78 is 5.46. The number of nitrogens with two attached hydrogens (primary N) is 1. The number of likely N-dealkylation sites (tertiary alicyclic amines) is 1. The molecule has 1 aromatic heterocycles. The van der Waals surface area contributed by atoms with Crippen LogP contribution >= 0.6 is 0 Å². The van der Waals surface area contributed by atoms with Crippen LogP contribution in [0.3, 0.4) is 0 Å². The van der Waals surface area contributed by atoms with Crippen LogP contribution in [0.1, 0.15) is 37.5 Å². The third-order valence-electron chi connectivity index (χ3n) is 3.18. The first kappa shape index (κ1) is 10.7. The van der Waals surface area contributed by atoms with Crippen LogP contribution in [-0.4, -0.2) is 24.5 Å². The maximum atomic E-state index is 5.84. The van der Waals surface area contributed by atoms with E-state index in [0.717, 1.165) is 18.8 Å². The smallest absolute Gasteiger partial charge is 0.122 e. The van der Waals surface area contributed by atoms with Gasteiger partial charge in [-0.2, -0.15) is 0 Å². The molecule has 1 aromatic rings. The molecule has 84 valence electrons. The van der Waals surface area contributed by atoms with Gasteiger partial charge in [-0.3, -0.25) is 4.90 Å². The summed E-state index contributed by atoms with van der Waals surface area (Å²) in [6.45, 7) is 2.96. The lowest BCUT2D eigenvalue weighted by molar-refractivity contribution is 0.186. The van der Waals surface area contributed by atoms with Gasteiger partial charge in [-0.1, -0.05) is 12.8 Å². The highest BCUT2D eigenvalue weighted by molar-refractivity contribution is 5.05. The van der Waals surface area contributed by atoms with Crippen molar-refractivity contribution >= 4 is 0 Å². The number of hydrogen-bond donors (Lipinski definition) is 1. The van der Waals surface area contributed by atoms with Gasteiger partial charge < -0.3 is 10.2 Å². The highest BCUT2D eigenvalue weighted by Gasteiger charge is 2.21. The molecule has 15 heavy (non-hydrogen) atoms. The van der Waals surface area contributed by atoms with E-state index in [-0.39, 0.29) is 6.04 Å². The van der Waals surface area contributed by atoms with Gasteiger partial charge in [0.25, 0.3) is 0 Å². The summed E-state index contributed by atoms with van der Waals surface area (Å²) in [5.41, 5.74) is 5.84. The second-order valence-electron chi connectivity index (χ2n) is 4.22. The fraction of sp³-hybridized carbons (Fsp3) is 0.667. The molecule has 0 saturated carbocycles. The molecule has 0 unspecified atom stereocenters. The topological polar surface area (TPSA) is 42.4 Å². The van der Waals surface area contributed by atoms with E-state index < -0.39 is 0 Å². The van der Waals surface area contributed by atoms with Crippen molar-refractivity contribution in [1.29, 1.82) is 0 Å². The van der Waals surface area contributed by atoms with Crippen LogP contribution in [0.4, 0.5) is 0 Å². The Morgan fingerprint density at radius 3 is 2.53 bits per heavy atom. The summed E-state index contributed by atoms with van der Waals surface area (Å²) in [4.78, 5) is 2.46. The summed E-state index contributed by atoms with van der Waals surface area (Å²) in [6, 6.07) is 4.25. The van der Waals surface area contributed by atoms with Gasteiger partial charge in [-0.05, 0) is 38.1 Å².